The third-order valence-corrected chi connectivity index (χ3v) is 1.55. The van der Waals surface area contributed by atoms with Crippen LogP contribution in [0.4, 0.5) is 0 Å². The molecule has 0 saturated heterocycles. The van der Waals surface area contributed by atoms with Crippen molar-refractivity contribution in [3.8, 4) is 5.88 Å². The second-order valence-electron chi connectivity index (χ2n) is 3.91. The second kappa shape index (κ2) is 6.13. The summed E-state index contributed by atoms with van der Waals surface area (Å²) in [5.41, 5.74) is 0. The highest BCUT2D eigenvalue weighted by Gasteiger charge is 2.06. The van der Waals surface area contributed by atoms with Crippen LogP contribution in [0.5, 0.6) is 5.88 Å². The number of hydrogen-bond acceptors (Lipinski definition) is 3. The zero-order chi connectivity index (χ0) is 9.73. The second-order valence-corrected chi connectivity index (χ2v) is 3.91. The van der Waals surface area contributed by atoms with Gasteiger partial charge in [0.15, 0.2) is 0 Å². The minimum absolute atomic E-state index is 0. The first-order valence-electron chi connectivity index (χ1n) is 4.27. The van der Waals surface area contributed by atoms with Crippen molar-refractivity contribution in [2.24, 2.45) is 0 Å². The Labute approximate surface area is 102 Å². The first-order chi connectivity index (χ1) is 6.08. The van der Waals surface area contributed by atoms with Gasteiger partial charge in [0.25, 0.3) is 0 Å². The van der Waals surface area contributed by atoms with Crippen LogP contribution >= 0.6 is 0 Å². The summed E-state index contributed by atoms with van der Waals surface area (Å²) >= 11 is 0. The van der Waals surface area contributed by atoms with Crippen LogP contribution in [0, 0.1) is 0 Å². The maximum Gasteiger partial charge on any atom is 0.232 e. The van der Waals surface area contributed by atoms with Crippen molar-refractivity contribution >= 4 is 0 Å². The highest BCUT2D eigenvalue weighted by molar-refractivity contribution is 5.00. The van der Waals surface area contributed by atoms with Crippen LogP contribution < -0.4 is 28.7 Å². The van der Waals surface area contributed by atoms with E-state index in [1.54, 1.807) is 18.6 Å². The molecule has 14 heavy (non-hydrogen) atoms. The van der Waals surface area contributed by atoms with E-state index in [1.807, 2.05) is 0 Å². The number of likely N-dealkylation sites (N-methyl/N-ethyl adjacent to an activating group) is 1. The summed E-state index contributed by atoms with van der Waals surface area (Å²) in [5.74, 6) is 0.593. The van der Waals surface area contributed by atoms with Gasteiger partial charge in [-0.3, -0.25) is 4.98 Å². The molecule has 1 aromatic heterocycles. The van der Waals surface area contributed by atoms with E-state index in [9.17, 15) is 0 Å². The Morgan fingerprint density at radius 2 is 2.00 bits per heavy atom. The van der Waals surface area contributed by atoms with Crippen LogP contribution in [0.25, 0.3) is 0 Å². The van der Waals surface area contributed by atoms with Crippen LogP contribution in [-0.4, -0.2) is 48.7 Å². The number of hydrogen-bond donors (Lipinski definition) is 0. The Morgan fingerprint density at radius 3 is 2.50 bits per heavy atom. The summed E-state index contributed by atoms with van der Waals surface area (Å²) in [6.45, 7) is 1.62. The van der Waals surface area contributed by atoms with E-state index >= 15 is 0 Å². The molecular weight excluding hydrogens is 293 g/mol. The number of quaternary nitrogens is 1. The lowest BCUT2D eigenvalue weighted by Crippen LogP contribution is -3.00. The molecule has 0 fully saturated rings. The predicted octanol–water partition coefficient (Wildman–Crippen LogP) is -2.43. The van der Waals surface area contributed by atoms with E-state index in [0.717, 1.165) is 11.0 Å². The molecule has 0 aliphatic heterocycles. The Morgan fingerprint density at radius 1 is 1.29 bits per heavy atom. The van der Waals surface area contributed by atoms with Gasteiger partial charge in [0, 0.05) is 12.4 Å². The smallest absolute Gasteiger partial charge is 0.232 e. The third kappa shape index (κ3) is 6.09. The molecule has 0 N–H and O–H groups in total. The van der Waals surface area contributed by atoms with Crippen molar-refractivity contribution in [2.45, 2.75) is 0 Å². The van der Waals surface area contributed by atoms with Crippen LogP contribution in [0.2, 0.25) is 0 Å². The van der Waals surface area contributed by atoms with Gasteiger partial charge in [0.2, 0.25) is 5.88 Å². The molecule has 0 aliphatic carbocycles. The van der Waals surface area contributed by atoms with Crippen molar-refractivity contribution in [3.63, 3.8) is 0 Å². The fraction of sp³-hybridized carbons (Fsp3) is 0.556. The van der Waals surface area contributed by atoms with Crippen LogP contribution in [0.3, 0.4) is 0 Å². The van der Waals surface area contributed by atoms with E-state index in [2.05, 4.69) is 31.1 Å². The molecule has 0 radical (unpaired) electrons. The zero-order valence-electron chi connectivity index (χ0n) is 8.77. The van der Waals surface area contributed by atoms with E-state index in [-0.39, 0.29) is 24.0 Å². The normalized spacial score (nSPS) is 10.5. The summed E-state index contributed by atoms with van der Waals surface area (Å²) in [5, 5.41) is 0. The molecule has 1 heterocycles. The van der Waals surface area contributed by atoms with Gasteiger partial charge in [-0.25, -0.2) is 4.98 Å². The minimum Gasteiger partial charge on any atom is -1.00 e. The Balaban J connectivity index is 0.00000169. The third-order valence-electron chi connectivity index (χ3n) is 1.55. The summed E-state index contributed by atoms with van der Waals surface area (Å²) < 4.78 is 6.28. The van der Waals surface area contributed by atoms with Crippen molar-refractivity contribution in [1.82, 2.24) is 9.97 Å². The Hall–Kier alpha value is -0.430. The lowest BCUT2D eigenvalue weighted by Gasteiger charge is -2.23. The molecule has 4 nitrogen and oxygen atoms in total. The van der Waals surface area contributed by atoms with Crippen molar-refractivity contribution in [3.05, 3.63) is 18.6 Å². The molecule has 80 valence electrons. The maximum absolute atomic E-state index is 5.39. The quantitative estimate of drug-likeness (QED) is 0.458. The SMILES string of the molecule is C[N+](C)(C)CCOc1cnccn1.[I-]. The van der Waals surface area contributed by atoms with Crippen molar-refractivity contribution in [2.75, 3.05) is 34.3 Å². The lowest BCUT2D eigenvalue weighted by molar-refractivity contribution is -0.870. The topological polar surface area (TPSA) is 35.0 Å². The first-order valence-corrected chi connectivity index (χ1v) is 4.27. The van der Waals surface area contributed by atoms with Gasteiger partial charge in [0.1, 0.15) is 13.2 Å². The van der Waals surface area contributed by atoms with Crippen LogP contribution in [0.15, 0.2) is 18.6 Å². The number of ether oxygens (including phenoxy) is 1. The molecule has 5 heteroatoms. The van der Waals surface area contributed by atoms with Gasteiger partial charge >= 0.3 is 0 Å². The molecule has 0 bridgehead atoms. The van der Waals surface area contributed by atoms with E-state index < -0.39 is 0 Å². The fourth-order valence-electron chi connectivity index (χ4n) is 0.784. The number of rotatable bonds is 4. The molecule has 0 atom stereocenters. The van der Waals surface area contributed by atoms with Crippen LogP contribution in [-0.2, 0) is 0 Å². The Kier molecular flexibility index (Phi) is 5.94. The van der Waals surface area contributed by atoms with Gasteiger partial charge < -0.3 is 33.2 Å². The fourth-order valence-corrected chi connectivity index (χ4v) is 0.784. The van der Waals surface area contributed by atoms with Crippen LogP contribution in [0.1, 0.15) is 0 Å². The van der Waals surface area contributed by atoms with Gasteiger partial charge in [-0.2, -0.15) is 0 Å². The van der Waals surface area contributed by atoms with E-state index in [4.69, 9.17) is 4.74 Å². The number of nitrogens with zero attached hydrogens (tertiary/aromatic N) is 3. The monoisotopic (exact) mass is 309 g/mol. The molecule has 1 aromatic rings. The molecule has 0 saturated carbocycles. The lowest BCUT2D eigenvalue weighted by atomic mass is 10.5. The van der Waals surface area contributed by atoms with Gasteiger partial charge in [-0.05, 0) is 0 Å². The molecule has 0 amide bonds. The van der Waals surface area contributed by atoms with Gasteiger partial charge in [0.05, 0.1) is 27.3 Å². The van der Waals surface area contributed by atoms with Crippen molar-refractivity contribution < 1.29 is 33.2 Å². The molecule has 0 aliphatic rings. The zero-order valence-corrected chi connectivity index (χ0v) is 10.9. The minimum atomic E-state index is 0. The average molecular weight is 309 g/mol. The predicted molar refractivity (Wildman–Crippen MR) is 50.4 cm³/mol. The summed E-state index contributed by atoms with van der Waals surface area (Å²) in [6, 6.07) is 0. The molecule has 0 spiro atoms. The highest BCUT2D eigenvalue weighted by atomic mass is 127. The van der Waals surface area contributed by atoms with Crippen molar-refractivity contribution in [1.29, 1.82) is 0 Å². The highest BCUT2D eigenvalue weighted by Crippen LogP contribution is 2.00. The van der Waals surface area contributed by atoms with E-state index in [1.165, 1.54) is 0 Å². The standard InChI is InChI=1S/C9H16N3O.HI/c1-12(2,3)6-7-13-9-8-10-4-5-11-9;/h4-5,8H,6-7H2,1-3H3;1H/q+1;/p-1. The summed E-state index contributed by atoms with van der Waals surface area (Å²) in [7, 11) is 6.38. The first kappa shape index (κ1) is 13.6. The summed E-state index contributed by atoms with van der Waals surface area (Å²) in [4.78, 5) is 7.91. The van der Waals surface area contributed by atoms with Gasteiger partial charge in [-0.15, -0.1) is 0 Å². The average Bonchev–Trinajstić information content (AvgIpc) is 2.04. The molecule has 1 rings (SSSR count). The molecular formula is C9H16IN3O. The molecule has 0 unspecified atom stereocenters. The number of halogens is 1. The molecule has 0 aromatic carbocycles. The van der Waals surface area contributed by atoms with Gasteiger partial charge in [-0.1, -0.05) is 0 Å². The largest absolute Gasteiger partial charge is 1.00 e. The van der Waals surface area contributed by atoms with E-state index in [0.29, 0.717) is 12.5 Å². The Bertz CT molecular complexity index is 248. The maximum atomic E-state index is 5.39. The summed E-state index contributed by atoms with van der Waals surface area (Å²) in [6.07, 6.45) is 4.88. The number of aromatic nitrogens is 2.